The maximum Gasteiger partial charge on any atom is 0.110 e. The number of imidazole rings is 1. The summed E-state index contributed by atoms with van der Waals surface area (Å²) in [6, 6.07) is 2.48. The summed E-state index contributed by atoms with van der Waals surface area (Å²) in [4.78, 5) is 4.38. The van der Waals surface area contributed by atoms with Gasteiger partial charge in [-0.3, -0.25) is 0 Å². The van der Waals surface area contributed by atoms with Crippen LogP contribution in [0.4, 0.5) is 0 Å². The van der Waals surface area contributed by atoms with Crippen LogP contribution in [0.15, 0.2) is 12.4 Å². The Labute approximate surface area is 102 Å². The average Bonchev–Trinajstić information content (AvgIpc) is 2.93. The van der Waals surface area contributed by atoms with Crippen LogP contribution in [0.1, 0.15) is 38.4 Å². The molecule has 0 amide bonds. The maximum atomic E-state index is 8.83. The highest BCUT2D eigenvalue weighted by molar-refractivity contribution is 5.03. The van der Waals surface area contributed by atoms with E-state index >= 15 is 0 Å². The summed E-state index contributed by atoms with van der Waals surface area (Å²) >= 11 is 0. The molecule has 1 aromatic heterocycles. The molecule has 0 spiro atoms. The van der Waals surface area contributed by atoms with Gasteiger partial charge in [0.1, 0.15) is 5.82 Å². The fourth-order valence-electron chi connectivity index (χ4n) is 2.15. The lowest BCUT2D eigenvalue weighted by atomic mass is 10.0. The molecule has 17 heavy (non-hydrogen) atoms. The standard InChI is InChI=1S/C13H20N4/c1-2-11(15)9-12-16-7-8-17(12)10-13(3-4-13)5-6-14/h7-8,11H,2-5,9-10,15H2,1H3. The van der Waals surface area contributed by atoms with Gasteiger partial charge < -0.3 is 10.3 Å². The number of hydrogen-bond acceptors (Lipinski definition) is 3. The molecule has 4 heteroatoms. The van der Waals surface area contributed by atoms with Gasteiger partial charge in [0.25, 0.3) is 0 Å². The minimum Gasteiger partial charge on any atom is -0.334 e. The SMILES string of the molecule is CCC(N)Cc1nccn1CC1(CC#N)CC1. The predicted molar refractivity (Wildman–Crippen MR) is 66.1 cm³/mol. The van der Waals surface area contributed by atoms with Gasteiger partial charge in [-0.25, -0.2) is 4.98 Å². The first kappa shape index (κ1) is 12.1. The fourth-order valence-corrected chi connectivity index (χ4v) is 2.15. The van der Waals surface area contributed by atoms with Crippen molar-refractivity contribution in [3.05, 3.63) is 18.2 Å². The second-order valence-electron chi connectivity index (χ2n) is 5.18. The van der Waals surface area contributed by atoms with Crippen LogP contribution in [-0.2, 0) is 13.0 Å². The minimum absolute atomic E-state index is 0.183. The third kappa shape index (κ3) is 2.86. The second-order valence-corrected chi connectivity index (χ2v) is 5.18. The van der Waals surface area contributed by atoms with Crippen molar-refractivity contribution in [3.8, 4) is 6.07 Å². The van der Waals surface area contributed by atoms with Gasteiger partial charge in [-0.05, 0) is 19.3 Å². The molecule has 1 unspecified atom stereocenters. The Morgan fingerprint density at radius 2 is 2.41 bits per heavy atom. The molecule has 1 aliphatic rings. The lowest BCUT2D eigenvalue weighted by molar-refractivity contribution is 0.417. The fraction of sp³-hybridized carbons (Fsp3) is 0.692. The van der Waals surface area contributed by atoms with Crippen LogP contribution in [0, 0.1) is 16.7 Å². The van der Waals surface area contributed by atoms with Crippen molar-refractivity contribution in [3.63, 3.8) is 0 Å². The molecule has 0 radical (unpaired) electrons. The number of nitriles is 1. The molecule has 1 aliphatic carbocycles. The van der Waals surface area contributed by atoms with E-state index in [-0.39, 0.29) is 11.5 Å². The van der Waals surface area contributed by atoms with Crippen LogP contribution in [0.2, 0.25) is 0 Å². The molecule has 1 saturated carbocycles. The highest BCUT2D eigenvalue weighted by Crippen LogP contribution is 2.50. The van der Waals surface area contributed by atoms with Gasteiger partial charge in [0.2, 0.25) is 0 Å². The van der Waals surface area contributed by atoms with Crippen molar-refractivity contribution < 1.29 is 0 Å². The van der Waals surface area contributed by atoms with E-state index < -0.39 is 0 Å². The molecule has 2 rings (SSSR count). The number of nitrogens with two attached hydrogens (primary N) is 1. The number of nitrogens with zero attached hydrogens (tertiary/aromatic N) is 3. The molecule has 0 aliphatic heterocycles. The van der Waals surface area contributed by atoms with Gasteiger partial charge in [0.15, 0.2) is 0 Å². The van der Waals surface area contributed by atoms with E-state index in [9.17, 15) is 0 Å². The normalized spacial score (nSPS) is 18.6. The average molecular weight is 232 g/mol. The van der Waals surface area contributed by atoms with Gasteiger partial charge >= 0.3 is 0 Å². The molecule has 1 fully saturated rings. The highest BCUT2D eigenvalue weighted by atomic mass is 15.1. The van der Waals surface area contributed by atoms with Crippen molar-refractivity contribution in [2.24, 2.45) is 11.1 Å². The van der Waals surface area contributed by atoms with Crippen LogP contribution in [0.3, 0.4) is 0 Å². The molecule has 0 aromatic carbocycles. The van der Waals surface area contributed by atoms with E-state index in [2.05, 4.69) is 22.5 Å². The first-order valence-electron chi connectivity index (χ1n) is 6.32. The van der Waals surface area contributed by atoms with Crippen LogP contribution in [0.25, 0.3) is 0 Å². The van der Waals surface area contributed by atoms with Gasteiger partial charge in [0, 0.05) is 43.2 Å². The summed E-state index contributed by atoms with van der Waals surface area (Å²) in [5.74, 6) is 1.06. The Bertz CT molecular complexity index is 411. The van der Waals surface area contributed by atoms with E-state index in [1.165, 1.54) is 0 Å². The first-order valence-corrected chi connectivity index (χ1v) is 6.32. The van der Waals surface area contributed by atoms with E-state index in [1.54, 1.807) is 0 Å². The monoisotopic (exact) mass is 232 g/mol. The summed E-state index contributed by atoms with van der Waals surface area (Å²) in [6.07, 6.45) is 8.62. The van der Waals surface area contributed by atoms with Crippen LogP contribution in [0.5, 0.6) is 0 Å². The number of hydrogen-bond donors (Lipinski definition) is 1. The van der Waals surface area contributed by atoms with Crippen molar-refractivity contribution in [1.29, 1.82) is 5.26 Å². The molecule has 1 aromatic rings. The third-order valence-corrected chi connectivity index (χ3v) is 3.69. The zero-order valence-corrected chi connectivity index (χ0v) is 10.4. The number of aromatic nitrogens is 2. The van der Waals surface area contributed by atoms with E-state index in [0.717, 1.165) is 38.1 Å². The molecular formula is C13H20N4. The van der Waals surface area contributed by atoms with Crippen LogP contribution >= 0.6 is 0 Å². The van der Waals surface area contributed by atoms with Crippen molar-refractivity contribution in [1.82, 2.24) is 9.55 Å². The summed E-state index contributed by atoms with van der Waals surface area (Å²) in [5.41, 5.74) is 6.19. The van der Waals surface area contributed by atoms with Crippen molar-refractivity contribution in [2.75, 3.05) is 0 Å². The van der Waals surface area contributed by atoms with Crippen molar-refractivity contribution >= 4 is 0 Å². The first-order chi connectivity index (χ1) is 8.19. The van der Waals surface area contributed by atoms with Crippen LogP contribution in [-0.4, -0.2) is 15.6 Å². The van der Waals surface area contributed by atoms with Gasteiger partial charge in [-0.2, -0.15) is 5.26 Å². The molecule has 1 atom stereocenters. The van der Waals surface area contributed by atoms with Crippen molar-refractivity contribution in [2.45, 2.75) is 51.6 Å². The van der Waals surface area contributed by atoms with E-state index in [1.807, 2.05) is 12.4 Å². The van der Waals surface area contributed by atoms with E-state index in [4.69, 9.17) is 11.0 Å². The third-order valence-electron chi connectivity index (χ3n) is 3.69. The lowest BCUT2D eigenvalue weighted by Crippen LogP contribution is -2.24. The van der Waals surface area contributed by atoms with E-state index in [0.29, 0.717) is 6.42 Å². The quantitative estimate of drug-likeness (QED) is 0.814. The topological polar surface area (TPSA) is 67.6 Å². The molecule has 1 heterocycles. The molecular weight excluding hydrogens is 212 g/mol. The molecule has 0 saturated heterocycles. The Morgan fingerprint density at radius 3 is 3.00 bits per heavy atom. The Morgan fingerprint density at radius 1 is 1.65 bits per heavy atom. The Kier molecular flexibility index (Phi) is 3.49. The second kappa shape index (κ2) is 4.89. The van der Waals surface area contributed by atoms with Gasteiger partial charge in [-0.15, -0.1) is 0 Å². The lowest BCUT2D eigenvalue weighted by Gasteiger charge is -2.16. The van der Waals surface area contributed by atoms with Gasteiger partial charge in [-0.1, -0.05) is 6.92 Å². The minimum atomic E-state index is 0.183. The molecule has 92 valence electrons. The zero-order valence-electron chi connectivity index (χ0n) is 10.4. The highest BCUT2D eigenvalue weighted by Gasteiger charge is 2.42. The Hall–Kier alpha value is -1.34. The van der Waals surface area contributed by atoms with Crippen LogP contribution < -0.4 is 5.73 Å². The summed E-state index contributed by atoms with van der Waals surface area (Å²) in [6.45, 7) is 3.02. The smallest absolute Gasteiger partial charge is 0.110 e. The number of rotatable bonds is 6. The van der Waals surface area contributed by atoms with Gasteiger partial charge in [0.05, 0.1) is 6.07 Å². The summed E-state index contributed by atoms with van der Waals surface area (Å²) in [5, 5.41) is 8.83. The Balaban J connectivity index is 2.02. The zero-order chi connectivity index (χ0) is 12.3. The summed E-state index contributed by atoms with van der Waals surface area (Å²) in [7, 11) is 0. The molecule has 2 N–H and O–H groups in total. The largest absolute Gasteiger partial charge is 0.334 e. The maximum absolute atomic E-state index is 8.83. The summed E-state index contributed by atoms with van der Waals surface area (Å²) < 4.78 is 2.18. The molecule has 4 nitrogen and oxygen atoms in total. The molecule has 0 bridgehead atoms. The predicted octanol–water partition coefficient (Wildman–Crippen LogP) is 1.86.